The van der Waals surface area contributed by atoms with Gasteiger partial charge in [0.1, 0.15) is 6.04 Å². The first kappa shape index (κ1) is 25.0. The largest absolute Gasteiger partial charge is 0.493 e. The van der Waals surface area contributed by atoms with E-state index in [1.807, 2.05) is 18.2 Å². The van der Waals surface area contributed by atoms with E-state index in [0.717, 1.165) is 37.7 Å². The molecule has 2 aromatic rings. The molecule has 186 valence electrons. The van der Waals surface area contributed by atoms with Gasteiger partial charge in [-0.3, -0.25) is 14.4 Å². The number of benzene rings is 2. The monoisotopic (exact) mass is 498 g/mol. The van der Waals surface area contributed by atoms with Crippen LogP contribution in [0.3, 0.4) is 0 Å². The number of anilines is 1. The summed E-state index contributed by atoms with van der Waals surface area (Å²) in [7, 11) is 3.16. The van der Waals surface area contributed by atoms with Gasteiger partial charge in [-0.1, -0.05) is 36.9 Å². The minimum absolute atomic E-state index is 0.0220. The highest BCUT2D eigenvalue weighted by molar-refractivity contribution is 6.30. The summed E-state index contributed by atoms with van der Waals surface area (Å²) in [5, 5.41) is 0.522. The Morgan fingerprint density at radius 1 is 1.00 bits per heavy atom. The fourth-order valence-electron chi connectivity index (χ4n) is 5.01. The highest BCUT2D eigenvalue weighted by atomic mass is 35.5. The summed E-state index contributed by atoms with van der Waals surface area (Å²) >= 11 is 5.98. The molecule has 4 rings (SSSR count). The fraction of sp³-hybridized carbons (Fsp3) is 0.444. The number of imide groups is 1. The van der Waals surface area contributed by atoms with Crippen molar-refractivity contribution in [2.45, 2.75) is 51.0 Å². The Kier molecular flexibility index (Phi) is 7.96. The van der Waals surface area contributed by atoms with Gasteiger partial charge in [0.25, 0.3) is 5.91 Å². The SMILES string of the molecule is COc1ccc(CCN(C(=O)C2CCCCC2)C2CC(=O)N(c3ccc(Cl)cc3)C2=O)cc1OC. The second-order valence-electron chi connectivity index (χ2n) is 9.07. The van der Waals surface area contributed by atoms with Crippen molar-refractivity contribution in [3.63, 3.8) is 0 Å². The van der Waals surface area contributed by atoms with E-state index in [1.165, 1.54) is 4.90 Å². The van der Waals surface area contributed by atoms with Crippen molar-refractivity contribution in [3.05, 3.63) is 53.1 Å². The van der Waals surface area contributed by atoms with Gasteiger partial charge in [-0.25, -0.2) is 4.90 Å². The predicted molar refractivity (Wildman–Crippen MR) is 134 cm³/mol. The van der Waals surface area contributed by atoms with Crippen LogP contribution in [0, 0.1) is 5.92 Å². The van der Waals surface area contributed by atoms with E-state index < -0.39 is 6.04 Å². The van der Waals surface area contributed by atoms with Crippen molar-refractivity contribution in [2.75, 3.05) is 25.7 Å². The van der Waals surface area contributed by atoms with Crippen LogP contribution in [0.4, 0.5) is 5.69 Å². The van der Waals surface area contributed by atoms with E-state index in [0.29, 0.717) is 35.2 Å². The van der Waals surface area contributed by atoms with Crippen LogP contribution in [-0.4, -0.2) is 49.4 Å². The molecule has 1 aliphatic heterocycles. The number of nitrogens with zero attached hydrogens (tertiary/aromatic N) is 2. The predicted octanol–water partition coefficient (Wildman–Crippen LogP) is 4.64. The summed E-state index contributed by atoms with van der Waals surface area (Å²) in [5.74, 6) is 0.414. The number of methoxy groups -OCH3 is 2. The number of rotatable bonds is 8. The number of hydrogen-bond donors (Lipinski definition) is 0. The lowest BCUT2D eigenvalue weighted by molar-refractivity contribution is -0.142. The molecule has 1 atom stereocenters. The molecule has 0 radical (unpaired) electrons. The second-order valence-corrected chi connectivity index (χ2v) is 9.51. The maximum atomic E-state index is 13.7. The van der Waals surface area contributed by atoms with Crippen LogP contribution < -0.4 is 14.4 Å². The fourth-order valence-corrected chi connectivity index (χ4v) is 5.14. The Bertz CT molecular complexity index is 1080. The topological polar surface area (TPSA) is 76.2 Å². The van der Waals surface area contributed by atoms with Gasteiger partial charge >= 0.3 is 0 Å². The molecule has 0 bridgehead atoms. The van der Waals surface area contributed by atoms with Crippen LogP contribution in [0.5, 0.6) is 11.5 Å². The highest BCUT2D eigenvalue weighted by Crippen LogP contribution is 2.32. The lowest BCUT2D eigenvalue weighted by atomic mass is 9.87. The van der Waals surface area contributed by atoms with Crippen LogP contribution in [0.1, 0.15) is 44.1 Å². The molecule has 0 spiro atoms. The molecular formula is C27H31ClN2O5. The van der Waals surface area contributed by atoms with E-state index in [9.17, 15) is 14.4 Å². The van der Waals surface area contributed by atoms with Gasteiger partial charge in [-0.15, -0.1) is 0 Å². The number of carbonyl (C=O) groups excluding carboxylic acids is 3. The zero-order valence-corrected chi connectivity index (χ0v) is 20.9. The average molecular weight is 499 g/mol. The van der Waals surface area contributed by atoms with Crippen molar-refractivity contribution in [1.82, 2.24) is 4.90 Å². The van der Waals surface area contributed by atoms with Gasteiger partial charge in [0.05, 0.1) is 26.3 Å². The third kappa shape index (κ3) is 5.45. The summed E-state index contributed by atoms with van der Waals surface area (Å²) < 4.78 is 10.7. The first-order valence-corrected chi connectivity index (χ1v) is 12.4. The molecule has 0 aromatic heterocycles. The molecule has 1 saturated heterocycles. The molecule has 2 fully saturated rings. The summed E-state index contributed by atoms with van der Waals surface area (Å²) in [5.41, 5.74) is 1.42. The maximum absolute atomic E-state index is 13.7. The molecule has 8 heteroatoms. The third-order valence-corrected chi connectivity index (χ3v) is 7.16. The third-order valence-electron chi connectivity index (χ3n) is 6.91. The van der Waals surface area contributed by atoms with E-state index in [4.69, 9.17) is 21.1 Å². The van der Waals surface area contributed by atoms with Crippen LogP contribution in [0.2, 0.25) is 5.02 Å². The van der Waals surface area contributed by atoms with E-state index in [2.05, 4.69) is 0 Å². The second kappa shape index (κ2) is 11.1. The molecule has 1 saturated carbocycles. The van der Waals surface area contributed by atoms with Crippen molar-refractivity contribution in [3.8, 4) is 11.5 Å². The Morgan fingerprint density at radius 2 is 1.69 bits per heavy atom. The summed E-state index contributed by atoms with van der Waals surface area (Å²) in [6, 6.07) is 11.4. The number of hydrogen-bond acceptors (Lipinski definition) is 5. The molecule has 1 aliphatic carbocycles. The maximum Gasteiger partial charge on any atom is 0.257 e. The molecule has 1 unspecified atom stereocenters. The molecule has 7 nitrogen and oxygen atoms in total. The molecule has 1 heterocycles. The zero-order chi connectivity index (χ0) is 24.9. The van der Waals surface area contributed by atoms with Crippen LogP contribution in [0.15, 0.2) is 42.5 Å². The minimum Gasteiger partial charge on any atom is -0.493 e. The molecule has 0 N–H and O–H groups in total. The van der Waals surface area contributed by atoms with Gasteiger partial charge in [0.2, 0.25) is 11.8 Å². The molecular weight excluding hydrogens is 468 g/mol. The lowest BCUT2D eigenvalue weighted by Gasteiger charge is -2.32. The van der Waals surface area contributed by atoms with E-state index in [-0.39, 0.29) is 30.1 Å². The van der Waals surface area contributed by atoms with Crippen molar-refractivity contribution in [1.29, 1.82) is 0 Å². The van der Waals surface area contributed by atoms with E-state index >= 15 is 0 Å². The normalized spacial score (nSPS) is 18.6. The van der Waals surface area contributed by atoms with Gasteiger partial charge < -0.3 is 14.4 Å². The minimum atomic E-state index is -0.812. The molecule has 2 aliphatic rings. The first-order valence-electron chi connectivity index (χ1n) is 12.1. The quantitative estimate of drug-likeness (QED) is 0.495. The number of ether oxygens (including phenoxy) is 2. The first-order chi connectivity index (χ1) is 16.9. The van der Waals surface area contributed by atoms with Gasteiger partial charge in [0.15, 0.2) is 11.5 Å². The smallest absolute Gasteiger partial charge is 0.257 e. The Hall–Kier alpha value is -3.06. The van der Waals surface area contributed by atoms with Gasteiger partial charge in [-0.2, -0.15) is 0 Å². The highest BCUT2D eigenvalue weighted by Gasteiger charge is 2.45. The molecule has 2 aromatic carbocycles. The van der Waals surface area contributed by atoms with Crippen LogP contribution in [-0.2, 0) is 20.8 Å². The van der Waals surface area contributed by atoms with Crippen LogP contribution in [0.25, 0.3) is 0 Å². The Labute approximate surface area is 210 Å². The Balaban J connectivity index is 1.58. The lowest BCUT2D eigenvalue weighted by Crippen LogP contribution is -2.48. The van der Waals surface area contributed by atoms with Crippen LogP contribution >= 0.6 is 11.6 Å². The summed E-state index contributed by atoms with van der Waals surface area (Å²) in [6.07, 6.45) is 5.29. The van der Waals surface area contributed by atoms with Crippen molar-refractivity contribution >= 4 is 35.0 Å². The summed E-state index contributed by atoms with van der Waals surface area (Å²) in [4.78, 5) is 42.9. The van der Waals surface area contributed by atoms with Crippen molar-refractivity contribution in [2.24, 2.45) is 5.92 Å². The number of carbonyl (C=O) groups is 3. The Morgan fingerprint density at radius 3 is 2.34 bits per heavy atom. The average Bonchev–Trinajstić information content (AvgIpc) is 3.18. The zero-order valence-electron chi connectivity index (χ0n) is 20.2. The molecule has 35 heavy (non-hydrogen) atoms. The van der Waals surface area contributed by atoms with Gasteiger partial charge in [0, 0.05) is 17.5 Å². The summed E-state index contributed by atoms with van der Waals surface area (Å²) in [6.45, 7) is 0.336. The number of amides is 3. The molecule has 3 amide bonds. The van der Waals surface area contributed by atoms with Crippen molar-refractivity contribution < 1.29 is 23.9 Å². The number of halogens is 1. The standard InChI is InChI=1S/C27H31ClN2O5/c1-34-23-13-8-18(16-24(23)35-2)14-15-29(26(32)19-6-4-3-5-7-19)22-17-25(31)30(27(22)33)21-11-9-20(28)10-12-21/h8-13,16,19,22H,3-7,14-15,17H2,1-2H3. The van der Waals surface area contributed by atoms with E-state index in [1.54, 1.807) is 43.4 Å². The van der Waals surface area contributed by atoms with Gasteiger partial charge in [-0.05, 0) is 61.2 Å².